The number of hydrogen-bond donors (Lipinski definition) is 3. The van der Waals surface area contributed by atoms with Gasteiger partial charge < -0.3 is 20.1 Å². The van der Waals surface area contributed by atoms with Gasteiger partial charge in [-0.2, -0.15) is 0 Å². The highest BCUT2D eigenvalue weighted by molar-refractivity contribution is 7.85. The van der Waals surface area contributed by atoms with Crippen LogP contribution in [0.1, 0.15) is 38.5 Å². The lowest BCUT2D eigenvalue weighted by atomic mass is 10.1. The molecule has 5 rings (SSSR count). The van der Waals surface area contributed by atoms with Gasteiger partial charge in [-0.1, -0.05) is 55.4 Å². The fourth-order valence-electron chi connectivity index (χ4n) is 4.29. The van der Waals surface area contributed by atoms with Crippen LogP contribution in [0.25, 0.3) is 34.0 Å². The van der Waals surface area contributed by atoms with Crippen molar-refractivity contribution in [3.63, 3.8) is 0 Å². The van der Waals surface area contributed by atoms with E-state index in [-0.39, 0.29) is 17.1 Å². The standard InChI is InChI=1S/C28H31N5O4S/c1-17(2)38(35)22-9-7-19(8-10-22)24-16-30-27(29)26(32-24)25-15-23(33-37-25)18-3-5-20(6-4-18)28(34)31-21-11-13-36-14-12-21/h3-10,15-17,21,28,31,34H,11-14H2,1-2H3,(H2,29,30). The van der Waals surface area contributed by atoms with E-state index in [0.717, 1.165) is 34.4 Å². The van der Waals surface area contributed by atoms with Crippen molar-refractivity contribution in [2.24, 2.45) is 0 Å². The lowest BCUT2D eigenvalue weighted by molar-refractivity contribution is 0.0491. The number of rotatable bonds is 8. The molecule has 1 aliphatic rings. The molecule has 4 aromatic rings. The second-order valence-corrected chi connectivity index (χ2v) is 11.5. The monoisotopic (exact) mass is 533 g/mol. The fourth-order valence-corrected chi connectivity index (χ4v) is 5.24. The van der Waals surface area contributed by atoms with Crippen LogP contribution in [-0.4, -0.2) is 48.9 Å². The van der Waals surface area contributed by atoms with E-state index in [0.29, 0.717) is 36.1 Å². The van der Waals surface area contributed by atoms with Gasteiger partial charge in [-0.25, -0.2) is 9.97 Å². The van der Waals surface area contributed by atoms with Gasteiger partial charge in [0.15, 0.2) is 17.3 Å². The zero-order chi connectivity index (χ0) is 26.6. The summed E-state index contributed by atoms with van der Waals surface area (Å²) in [6, 6.07) is 16.9. The number of hydrogen-bond acceptors (Lipinski definition) is 9. The normalized spacial score (nSPS) is 16.0. The van der Waals surface area contributed by atoms with E-state index in [4.69, 9.17) is 15.0 Å². The first kappa shape index (κ1) is 26.2. The predicted molar refractivity (Wildman–Crippen MR) is 146 cm³/mol. The molecule has 2 aromatic heterocycles. The fraction of sp³-hybridized carbons (Fsp3) is 0.321. The topological polar surface area (TPSA) is 136 Å². The van der Waals surface area contributed by atoms with E-state index in [1.165, 1.54) is 0 Å². The maximum Gasteiger partial charge on any atom is 0.189 e. The third kappa shape index (κ3) is 5.83. The van der Waals surface area contributed by atoms with Crippen molar-refractivity contribution in [1.29, 1.82) is 0 Å². The summed E-state index contributed by atoms with van der Waals surface area (Å²) in [7, 11) is -1.06. The van der Waals surface area contributed by atoms with Crippen LogP contribution < -0.4 is 11.1 Å². The SMILES string of the molecule is CC(C)S(=O)c1ccc(-c2cnc(N)c(-c3cc(-c4ccc(C(O)NC5CCOCC5)cc4)no3)n2)cc1. The molecular weight excluding hydrogens is 502 g/mol. The van der Waals surface area contributed by atoms with Crippen LogP contribution in [0.3, 0.4) is 0 Å². The van der Waals surface area contributed by atoms with Gasteiger partial charge in [0.2, 0.25) is 0 Å². The molecule has 9 nitrogen and oxygen atoms in total. The highest BCUT2D eigenvalue weighted by Crippen LogP contribution is 2.30. The number of aliphatic hydroxyl groups is 1. The number of nitrogens with zero attached hydrogens (tertiary/aromatic N) is 3. The van der Waals surface area contributed by atoms with Crippen molar-refractivity contribution in [3.05, 3.63) is 66.4 Å². The molecule has 2 atom stereocenters. The molecule has 0 amide bonds. The molecule has 0 aliphatic carbocycles. The van der Waals surface area contributed by atoms with Gasteiger partial charge in [0.25, 0.3) is 0 Å². The van der Waals surface area contributed by atoms with Crippen molar-refractivity contribution in [1.82, 2.24) is 20.4 Å². The van der Waals surface area contributed by atoms with E-state index in [1.54, 1.807) is 12.3 Å². The van der Waals surface area contributed by atoms with E-state index >= 15 is 0 Å². The summed E-state index contributed by atoms with van der Waals surface area (Å²) in [5.74, 6) is 0.626. The van der Waals surface area contributed by atoms with Crippen molar-refractivity contribution < 1.29 is 18.6 Å². The largest absolute Gasteiger partial charge is 0.382 e. The zero-order valence-corrected chi connectivity index (χ0v) is 22.1. The number of aliphatic hydroxyl groups excluding tert-OH is 1. The molecule has 2 unspecified atom stereocenters. The van der Waals surface area contributed by atoms with Crippen LogP contribution in [0.15, 0.2) is 70.2 Å². The molecule has 0 spiro atoms. The first-order valence-electron chi connectivity index (χ1n) is 12.6. The number of aromatic nitrogens is 3. The zero-order valence-electron chi connectivity index (χ0n) is 21.3. The van der Waals surface area contributed by atoms with Crippen molar-refractivity contribution in [2.45, 2.75) is 49.1 Å². The number of nitrogens with one attached hydrogen (secondary N) is 1. The number of benzene rings is 2. The lowest BCUT2D eigenvalue weighted by Crippen LogP contribution is -2.37. The molecule has 1 saturated heterocycles. The number of nitrogen functional groups attached to an aromatic ring is 1. The summed E-state index contributed by atoms with van der Waals surface area (Å²) in [5.41, 5.74) is 10.2. The van der Waals surface area contributed by atoms with E-state index in [1.807, 2.05) is 62.4 Å². The molecule has 0 saturated carbocycles. The maximum absolute atomic E-state index is 12.4. The molecule has 4 N–H and O–H groups in total. The Morgan fingerprint density at radius 3 is 2.37 bits per heavy atom. The summed E-state index contributed by atoms with van der Waals surface area (Å²) < 4.78 is 23.3. The highest BCUT2D eigenvalue weighted by atomic mass is 32.2. The molecule has 198 valence electrons. The maximum atomic E-state index is 12.4. The summed E-state index contributed by atoms with van der Waals surface area (Å²) in [5, 5.41) is 18.1. The number of ether oxygens (including phenoxy) is 1. The first-order valence-corrected chi connectivity index (χ1v) is 13.8. The third-order valence-electron chi connectivity index (χ3n) is 6.49. The molecule has 0 radical (unpaired) electrons. The van der Waals surface area contributed by atoms with Crippen molar-refractivity contribution in [2.75, 3.05) is 18.9 Å². The Kier molecular flexibility index (Phi) is 7.94. The average molecular weight is 534 g/mol. The Balaban J connectivity index is 1.32. The second kappa shape index (κ2) is 11.5. The molecule has 2 aromatic carbocycles. The predicted octanol–water partition coefficient (Wildman–Crippen LogP) is 4.32. The number of nitrogens with two attached hydrogens (primary N) is 1. The van der Waals surface area contributed by atoms with Gasteiger partial charge in [-0.15, -0.1) is 0 Å². The van der Waals surface area contributed by atoms with Crippen LogP contribution >= 0.6 is 0 Å². The Labute approximate surface area is 223 Å². The van der Waals surface area contributed by atoms with Gasteiger partial charge in [0.1, 0.15) is 11.9 Å². The minimum absolute atomic E-state index is 0.0411. The van der Waals surface area contributed by atoms with Crippen LogP contribution in [0.5, 0.6) is 0 Å². The molecule has 1 aliphatic heterocycles. The Hall–Kier alpha value is -3.44. The molecule has 38 heavy (non-hydrogen) atoms. The second-order valence-electron chi connectivity index (χ2n) is 9.51. The Morgan fingerprint density at radius 2 is 1.68 bits per heavy atom. The quantitative estimate of drug-likeness (QED) is 0.283. The van der Waals surface area contributed by atoms with Gasteiger partial charge >= 0.3 is 0 Å². The summed E-state index contributed by atoms with van der Waals surface area (Å²) >= 11 is 0. The Morgan fingerprint density at radius 1 is 1.03 bits per heavy atom. The smallest absolute Gasteiger partial charge is 0.189 e. The van der Waals surface area contributed by atoms with E-state index in [2.05, 4.69) is 20.4 Å². The van der Waals surface area contributed by atoms with Gasteiger partial charge in [-0.3, -0.25) is 9.53 Å². The summed E-state index contributed by atoms with van der Waals surface area (Å²) in [6.07, 6.45) is 2.61. The Bertz CT molecular complexity index is 1400. The van der Waals surface area contributed by atoms with Gasteiger partial charge in [-0.05, 0) is 30.5 Å². The van der Waals surface area contributed by atoms with Crippen molar-refractivity contribution in [3.8, 4) is 34.0 Å². The highest BCUT2D eigenvalue weighted by Gasteiger charge is 2.19. The van der Waals surface area contributed by atoms with Crippen LogP contribution in [-0.2, 0) is 15.5 Å². The minimum atomic E-state index is -1.06. The van der Waals surface area contributed by atoms with E-state index in [9.17, 15) is 9.32 Å². The van der Waals surface area contributed by atoms with E-state index < -0.39 is 17.0 Å². The van der Waals surface area contributed by atoms with Crippen molar-refractivity contribution >= 4 is 16.6 Å². The molecule has 0 bridgehead atoms. The first-order chi connectivity index (χ1) is 18.4. The molecule has 1 fully saturated rings. The lowest BCUT2D eigenvalue weighted by Gasteiger charge is -2.26. The summed E-state index contributed by atoms with van der Waals surface area (Å²) in [6.45, 7) is 5.28. The van der Waals surface area contributed by atoms with Crippen LogP contribution in [0.4, 0.5) is 5.82 Å². The molecule has 10 heteroatoms. The number of anilines is 1. The van der Waals surface area contributed by atoms with Crippen LogP contribution in [0, 0.1) is 0 Å². The van der Waals surface area contributed by atoms with Crippen LogP contribution in [0.2, 0.25) is 0 Å². The third-order valence-corrected chi connectivity index (χ3v) is 8.09. The molecule has 3 heterocycles. The summed E-state index contributed by atoms with van der Waals surface area (Å²) in [4.78, 5) is 9.75. The molecular formula is C28H31N5O4S. The average Bonchev–Trinajstić information content (AvgIpc) is 3.44. The van der Waals surface area contributed by atoms with Gasteiger partial charge in [0.05, 0.1) is 22.7 Å². The van der Waals surface area contributed by atoms with Gasteiger partial charge in [0, 0.05) is 46.6 Å². The minimum Gasteiger partial charge on any atom is -0.382 e.